The Bertz CT molecular complexity index is 1600. The molecule has 4 N–H and O–H groups in total. The molecule has 0 bridgehead atoms. The summed E-state index contributed by atoms with van der Waals surface area (Å²) in [5.74, 6) is 0.0195. The van der Waals surface area contributed by atoms with Crippen LogP contribution in [0.3, 0.4) is 0 Å². The number of aromatic nitrogens is 2. The standard InChI is InChI=1S/C34H40N6O3.2ClH/c1-23-15-17-39(18-16-23)32(42)30(26-10-5-4-6-11-26)40-21-29(36-22-40)38-31(41)28(37-33(43)34(2,3)35)20-24-13-14-25-9-7-8-12-27(25)19-24;;/h4-14,19,21-23,28,30H,15-18,20,35H2,1-3H3,(H,37,43)(H,38,41);2*1H/t28-,30?;;/m1../s1. The van der Waals surface area contributed by atoms with Crippen LogP contribution >= 0.6 is 24.8 Å². The van der Waals surface area contributed by atoms with Gasteiger partial charge in [0.15, 0.2) is 5.82 Å². The SMILES string of the molecule is CC1CCN(C(=O)C(c2ccccc2)n2cnc(NC(=O)[C@@H](Cc3ccc4ccccc4c3)NC(=O)C(C)(C)N)c2)CC1.Cl.Cl. The zero-order valence-electron chi connectivity index (χ0n) is 25.8. The number of hydrogen-bond donors (Lipinski definition) is 3. The molecule has 0 spiro atoms. The average molecular weight is 654 g/mol. The fourth-order valence-corrected chi connectivity index (χ4v) is 5.39. The van der Waals surface area contributed by atoms with Crippen molar-refractivity contribution in [2.24, 2.45) is 11.7 Å². The second kappa shape index (κ2) is 15.4. The Morgan fingerprint density at radius 3 is 2.27 bits per heavy atom. The van der Waals surface area contributed by atoms with Crippen LogP contribution in [0.15, 0.2) is 85.3 Å². The van der Waals surface area contributed by atoms with Gasteiger partial charge in [0.05, 0.1) is 11.9 Å². The molecule has 1 aromatic heterocycles. The van der Waals surface area contributed by atoms with E-state index in [1.54, 1.807) is 30.9 Å². The van der Waals surface area contributed by atoms with Crippen molar-refractivity contribution in [3.8, 4) is 0 Å². The number of piperidine rings is 1. The Morgan fingerprint density at radius 2 is 1.60 bits per heavy atom. The van der Waals surface area contributed by atoms with Crippen LogP contribution < -0.4 is 16.4 Å². The Hall–Kier alpha value is -3.92. The van der Waals surface area contributed by atoms with Crippen molar-refractivity contribution < 1.29 is 14.4 Å². The number of nitrogens with zero attached hydrogens (tertiary/aromatic N) is 3. The number of halogens is 2. The Balaban J connectivity index is 0.00000276. The van der Waals surface area contributed by atoms with Gasteiger partial charge in [0, 0.05) is 25.7 Å². The van der Waals surface area contributed by atoms with Crippen LogP contribution in [0.5, 0.6) is 0 Å². The highest BCUT2D eigenvalue weighted by Crippen LogP contribution is 2.26. The number of anilines is 1. The molecule has 5 rings (SSSR count). The predicted octanol–water partition coefficient (Wildman–Crippen LogP) is 5.13. The molecule has 3 aromatic carbocycles. The topological polar surface area (TPSA) is 122 Å². The first kappa shape index (κ1) is 35.6. The van der Waals surface area contributed by atoms with Crippen molar-refractivity contribution in [1.82, 2.24) is 19.8 Å². The number of rotatable bonds is 9. The number of carbonyl (C=O) groups excluding carboxylic acids is 3. The highest BCUT2D eigenvalue weighted by molar-refractivity contribution is 5.98. The number of fused-ring (bicyclic) bond motifs is 1. The molecule has 9 nitrogen and oxygen atoms in total. The van der Waals surface area contributed by atoms with Crippen LogP contribution in [0.2, 0.25) is 0 Å². The molecule has 2 heterocycles. The van der Waals surface area contributed by atoms with E-state index in [4.69, 9.17) is 5.73 Å². The van der Waals surface area contributed by atoms with E-state index in [-0.39, 0.29) is 43.0 Å². The molecule has 1 aliphatic rings. The first-order valence-corrected chi connectivity index (χ1v) is 14.8. The van der Waals surface area contributed by atoms with E-state index in [1.165, 1.54) is 0 Å². The van der Waals surface area contributed by atoms with Gasteiger partial charge in [0.1, 0.15) is 12.1 Å². The van der Waals surface area contributed by atoms with Crippen LogP contribution in [-0.2, 0) is 20.8 Å². The summed E-state index contributed by atoms with van der Waals surface area (Å²) < 4.78 is 1.74. The molecule has 0 radical (unpaired) electrons. The molecule has 2 atom stereocenters. The maximum absolute atomic E-state index is 13.8. The molecule has 11 heteroatoms. The third-order valence-corrected chi connectivity index (χ3v) is 8.06. The largest absolute Gasteiger partial charge is 0.342 e. The smallest absolute Gasteiger partial charge is 0.250 e. The summed E-state index contributed by atoms with van der Waals surface area (Å²) in [5.41, 5.74) is 6.61. The average Bonchev–Trinajstić information content (AvgIpc) is 3.44. The van der Waals surface area contributed by atoms with Gasteiger partial charge in [-0.15, -0.1) is 24.8 Å². The summed E-state index contributed by atoms with van der Waals surface area (Å²) in [7, 11) is 0. The van der Waals surface area contributed by atoms with Crippen molar-refractivity contribution in [3.05, 3.63) is 96.4 Å². The zero-order chi connectivity index (χ0) is 30.6. The van der Waals surface area contributed by atoms with E-state index >= 15 is 0 Å². The molecule has 1 saturated heterocycles. The minimum Gasteiger partial charge on any atom is -0.342 e. The number of likely N-dealkylation sites (tertiary alicyclic amines) is 1. The molecule has 3 amide bonds. The lowest BCUT2D eigenvalue weighted by molar-refractivity contribution is -0.135. The second-order valence-corrected chi connectivity index (χ2v) is 12.1. The molecule has 1 aliphatic heterocycles. The number of nitrogens with two attached hydrogens (primary N) is 1. The molecule has 0 aliphatic carbocycles. The van der Waals surface area contributed by atoms with E-state index in [1.807, 2.05) is 77.7 Å². The van der Waals surface area contributed by atoms with E-state index in [2.05, 4.69) is 22.5 Å². The monoisotopic (exact) mass is 652 g/mol. The number of hydrogen-bond acceptors (Lipinski definition) is 5. The van der Waals surface area contributed by atoms with Crippen LogP contribution in [0.1, 0.15) is 50.8 Å². The molecule has 1 unspecified atom stereocenters. The maximum atomic E-state index is 13.8. The summed E-state index contributed by atoms with van der Waals surface area (Å²) >= 11 is 0. The Kier molecular flexibility index (Phi) is 12.2. The van der Waals surface area contributed by atoms with Gasteiger partial charge >= 0.3 is 0 Å². The lowest BCUT2D eigenvalue weighted by Gasteiger charge is -2.33. The Morgan fingerprint density at radius 1 is 0.956 bits per heavy atom. The fourth-order valence-electron chi connectivity index (χ4n) is 5.39. The third-order valence-electron chi connectivity index (χ3n) is 8.06. The van der Waals surface area contributed by atoms with E-state index in [0.717, 1.165) is 47.8 Å². The molecular formula is C34H42Cl2N6O3. The summed E-state index contributed by atoms with van der Waals surface area (Å²) in [6, 6.07) is 22.0. The van der Waals surface area contributed by atoms with Crippen molar-refractivity contribution >= 4 is 59.1 Å². The van der Waals surface area contributed by atoms with Crippen LogP contribution in [0, 0.1) is 5.92 Å². The molecular weight excluding hydrogens is 611 g/mol. The number of benzene rings is 3. The van der Waals surface area contributed by atoms with Gasteiger partial charge in [0.2, 0.25) is 17.7 Å². The summed E-state index contributed by atoms with van der Waals surface area (Å²) in [4.78, 5) is 46.6. The van der Waals surface area contributed by atoms with E-state index in [0.29, 0.717) is 5.92 Å². The number of amides is 3. The van der Waals surface area contributed by atoms with Crippen LogP contribution in [0.25, 0.3) is 10.8 Å². The summed E-state index contributed by atoms with van der Waals surface area (Å²) in [5, 5.41) is 7.81. The van der Waals surface area contributed by atoms with Gasteiger partial charge in [0.25, 0.3) is 0 Å². The van der Waals surface area contributed by atoms with Gasteiger partial charge in [-0.25, -0.2) is 4.98 Å². The molecule has 240 valence electrons. The number of imidazole rings is 1. The van der Waals surface area contributed by atoms with Crippen molar-refractivity contribution in [3.63, 3.8) is 0 Å². The zero-order valence-corrected chi connectivity index (χ0v) is 27.4. The number of carbonyl (C=O) groups is 3. The van der Waals surface area contributed by atoms with Gasteiger partial charge in [-0.05, 0) is 54.5 Å². The summed E-state index contributed by atoms with van der Waals surface area (Å²) in [6.45, 7) is 6.84. The van der Waals surface area contributed by atoms with E-state index < -0.39 is 29.4 Å². The second-order valence-electron chi connectivity index (χ2n) is 12.1. The normalized spacial score (nSPS) is 14.9. The van der Waals surface area contributed by atoms with Gasteiger partial charge in [-0.1, -0.05) is 79.7 Å². The quantitative estimate of drug-likeness (QED) is 0.231. The number of nitrogens with one attached hydrogen (secondary N) is 2. The minimum atomic E-state index is -1.17. The lowest BCUT2D eigenvalue weighted by atomic mass is 9.97. The highest BCUT2D eigenvalue weighted by atomic mass is 35.5. The van der Waals surface area contributed by atoms with Gasteiger partial charge in [-0.3, -0.25) is 14.4 Å². The lowest BCUT2D eigenvalue weighted by Crippen LogP contribution is -2.55. The molecule has 4 aromatic rings. The Labute approximate surface area is 276 Å². The fraction of sp³-hybridized carbons (Fsp3) is 0.353. The molecule has 45 heavy (non-hydrogen) atoms. The first-order chi connectivity index (χ1) is 20.6. The minimum absolute atomic E-state index is 0. The van der Waals surface area contributed by atoms with Crippen molar-refractivity contribution in [2.75, 3.05) is 18.4 Å². The highest BCUT2D eigenvalue weighted by Gasteiger charge is 2.31. The van der Waals surface area contributed by atoms with Crippen molar-refractivity contribution in [2.45, 2.75) is 57.7 Å². The van der Waals surface area contributed by atoms with Gasteiger partial charge in [-0.2, -0.15) is 0 Å². The maximum Gasteiger partial charge on any atom is 0.250 e. The first-order valence-electron chi connectivity index (χ1n) is 14.8. The van der Waals surface area contributed by atoms with E-state index in [9.17, 15) is 14.4 Å². The third kappa shape index (κ3) is 8.84. The predicted molar refractivity (Wildman–Crippen MR) is 183 cm³/mol. The van der Waals surface area contributed by atoms with Crippen molar-refractivity contribution in [1.29, 1.82) is 0 Å². The van der Waals surface area contributed by atoms with Gasteiger partial charge < -0.3 is 25.8 Å². The summed E-state index contributed by atoms with van der Waals surface area (Å²) in [6.07, 6.45) is 5.45. The molecule has 0 saturated carbocycles. The van der Waals surface area contributed by atoms with Crippen LogP contribution in [0.4, 0.5) is 5.82 Å². The molecule has 1 fully saturated rings. The van der Waals surface area contributed by atoms with Crippen LogP contribution in [-0.4, -0.2) is 56.8 Å².